The minimum atomic E-state index is -0.361. The van der Waals surface area contributed by atoms with E-state index in [-0.39, 0.29) is 12.4 Å². The highest BCUT2D eigenvalue weighted by Crippen LogP contribution is 2.36. The Balaban J connectivity index is 1.59. The number of piperidine rings is 1. The van der Waals surface area contributed by atoms with E-state index in [1.165, 1.54) is 18.3 Å². The molecule has 0 amide bonds. The van der Waals surface area contributed by atoms with Gasteiger partial charge >= 0.3 is 0 Å². The molecule has 0 radical (unpaired) electrons. The number of imidazole rings is 1. The number of aromatic nitrogens is 2. The van der Waals surface area contributed by atoms with E-state index in [0.717, 1.165) is 25.9 Å². The largest absolute Gasteiger partial charge is 0.383 e. The van der Waals surface area contributed by atoms with Crippen molar-refractivity contribution in [2.75, 3.05) is 18.8 Å². The van der Waals surface area contributed by atoms with Crippen LogP contribution in [0.15, 0.2) is 53.8 Å². The first kappa shape index (κ1) is 25.5. The highest BCUT2D eigenvalue weighted by Gasteiger charge is 2.23. The smallest absolute Gasteiger partial charge is 0.145 e. The van der Waals surface area contributed by atoms with Gasteiger partial charge in [0.15, 0.2) is 0 Å². The van der Waals surface area contributed by atoms with Crippen molar-refractivity contribution in [2.45, 2.75) is 25.9 Å². The van der Waals surface area contributed by atoms with Crippen LogP contribution in [0.25, 0.3) is 11.4 Å². The summed E-state index contributed by atoms with van der Waals surface area (Å²) in [5, 5.41) is 7.84. The number of aliphatic imine (C=N–C) groups is 1. The quantitative estimate of drug-likeness (QED) is 0.313. The monoisotopic (exact) mass is 534 g/mol. The highest BCUT2D eigenvalue weighted by molar-refractivity contribution is 6.39. The zero-order valence-corrected chi connectivity index (χ0v) is 21.3. The topological polar surface area (TPSA) is 80.3 Å². The van der Waals surface area contributed by atoms with E-state index in [4.69, 9.17) is 45.5 Å². The van der Waals surface area contributed by atoms with Gasteiger partial charge in [0.05, 0.1) is 21.8 Å². The molecule has 1 aliphatic heterocycles. The molecular weight excluding hydrogens is 510 g/mol. The van der Waals surface area contributed by atoms with Crippen molar-refractivity contribution in [3.05, 3.63) is 80.9 Å². The summed E-state index contributed by atoms with van der Waals surface area (Å²) in [7, 11) is 0. The van der Waals surface area contributed by atoms with Gasteiger partial charge in [-0.1, -0.05) is 47.4 Å². The third kappa shape index (κ3) is 6.16. The van der Waals surface area contributed by atoms with Crippen LogP contribution < -0.4 is 16.4 Å². The second-order valence-corrected chi connectivity index (χ2v) is 9.67. The number of benzene rings is 2. The zero-order chi connectivity index (χ0) is 24.9. The van der Waals surface area contributed by atoms with Crippen LogP contribution in [0.1, 0.15) is 24.1 Å². The fourth-order valence-corrected chi connectivity index (χ4v) is 4.83. The third-order valence-corrected chi connectivity index (χ3v) is 6.76. The van der Waals surface area contributed by atoms with E-state index in [9.17, 15) is 4.39 Å². The second kappa shape index (κ2) is 11.4. The van der Waals surface area contributed by atoms with Gasteiger partial charge in [-0.25, -0.2) is 14.4 Å². The molecule has 0 bridgehead atoms. The van der Waals surface area contributed by atoms with Crippen LogP contribution in [0.4, 0.5) is 10.2 Å². The van der Waals surface area contributed by atoms with E-state index in [1.807, 2.05) is 4.57 Å². The van der Waals surface area contributed by atoms with Crippen LogP contribution in [-0.2, 0) is 13.1 Å². The maximum Gasteiger partial charge on any atom is 0.145 e. The number of nitrogens with two attached hydrogens (primary N) is 1. The fraction of sp³-hybridized carbons (Fsp3) is 0.280. The molecule has 2 heterocycles. The molecule has 1 saturated heterocycles. The molecule has 184 valence electrons. The summed E-state index contributed by atoms with van der Waals surface area (Å²) < 4.78 is 15.9. The first-order chi connectivity index (χ1) is 16.8. The number of hydrogen-bond donors (Lipinski definition) is 3. The summed E-state index contributed by atoms with van der Waals surface area (Å²) in [6.07, 6.45) is 3.72. The number of nitrogen functional groups attached to an aromatic ring is 1. The SMILES string of the molecule is C=C(/N=C\c1nc(-c2c(Cl)cccc2Cl)n(C[C@@H]2CCCNC2)c1N)NCc1cc(Cl)ccc1F. The molecule has 4 rings (SSSR count). The Labute approximate surface area is 219 Å². The van der Waals surface area contributed by atoms with Gasteiger partial charge in [0.25, 0.3) is 0 Å². The predicted molar refractivity (Wildman–Crippen MR) is 143 cm³/mol. The lowest BCUT2D eigenvalue weighted by atomic mass is 9.99. The average molecular weight is 536 g/mol. The van der Waals surface area contributed by atoms with Gasteiger partial charge in [-0.3, -0.25) is 0 Å². The molecule has 4 N–H and O–H groups in total. The Morgan fingerprint density at radius 2 is 2.06 bits per heavy atom. The van der Waals surface area contributed by atoms with E-state index < -0.39 is 0 Å². The van der Waals surface area contributed by atoms with Crippen molar-refractivity contribution < 1.29 is 4.39 Å². The zero-order valence-electron chi connectivity index (χ0n) is 19.0. The van der Waals surface area contributed by atoms with Crippen LogP contribution in [0, 0.1) is 11.7 Å². The van der Waals surface area contributed by atoms with Gasteiger partial charge in [0.1, 0.15) is 29.0 Å². The summed E-state index contributed by atoms with van der Waals surface area (Å²) in [5.74, 6) is 1.41. The summed E-state index contributed by atoms with van der Waals surface area (Å²) in [4.78, 5) is 9.08. The Hall–Kier alpha value is -2.58. The first-order valence-electron chi connectivity index (χ1n) is 11.3. The van der Waals surface area contributed by atoms with Crippen molar-refractivity contribution in [3.8, 4) is 11.4 Å². The number of anilines is 1. The van der Waals surface area contributed by atoms with Crippen molar-refractivity contribution >= 4 is 46.8 Å². The van der Waals surface area contributed by atoms with Gasteiger partial charge in [0.2, 0.25) is 0 Å². The Kier molecular flexibility index (Phi) is 8.34. The molecule has 2 aromatic carbocycles. The summed E-state index contributed by atoms with van der Waals surface area (Å²) in [5.41, 5.74) is 8.04. The molecule has 1 aliphatic rings. The molecular formula is C25H26Cl3FN6. The highest BCUT2D eigenvalue weighted by atomic mass is 35.5. The number of nitrogens with zero attached hydrogens (tertiary/aromatic N) is 3. The molecule has 0 saturated carbocycles. The number of rotatable bonds is 8. The van der Waals surface area contributed by atoms with E-state index in [1.54, 1.807) is 24.3 Å². The number of hydrogen-bond acceptors (Lipinski definition) is 5. The standard InChI is InChI=1S/C25H26Cl3FN6/c1-15(32-12-17-10-18(26)7-8-21(17)29)33-13-22-24(30)35(14-16-4-3-9-31-11-16)25(34-22)23-19(27)5-2-6-20(23)28/h2,5-8,10,13,16,31-32H,1,3-4,9,11-12,14,30H2/b33-13-/t16-/m1/s1. The van der Waals surface area contributed by atoms with Gasteiger partial charge in [-0.15, -0.1) is 0 Å². The Morgan fingerprint density at radius 3 is 2.77 bits per heavy atom. The lowest BCUT2D eigenvalue weighted by molar-refractivity contribution is 0.340. The summed E-state index contributed by atoms with van der Waals surface area (Å²) >= 11 is 19.0. The number of halogens is 4. The molecule has 0 unspecified atom stereocenters. The van der Waals surface area contributed by atoms with Crippen LogP contribution in [0.2, 0.25) is 15.1 Å². The lowest BCUT2D eigenvalue weighted by Crippen LogP contribution is -2.32. The second-order valence-electron chi connectivity index (χ2n) is 8.42. The molecule has 1 aromatic heterocycles. The minimum Gasteiger partial charge on any atom is -0.383 e. The molecule has 10 heteroatoms. The minimum absolute atomic E-state index is 0.182. The van der Waals surface area contributed by atoms with Crippen molar-refractivity contribution in [3.63, 3.8) is 0 Å². The third-order valence-electron chi connectivity index (χ3n) is 5.89. The van der Waals surface area contributed by atoms with Gasteiger partial charge < -0.3 is 20.9 Å². The van der Waals surface area contributed by atoms with Crippen molar-refractivity contribution in [1.82, 2.24) is 20.2 Å². The molecule has 6 nitrogen and oxygen atoms in total. The van der Waals surface area contributed by atoms with Gasteiger partial charge in [-0.05, 0) is 62.2 Å². The molecule has 0 spiro atoms. The molecule has 1 atom stereocenters. The van der Waals surface area contributed by atoms with Crippen molar-refractivity contribution in [1.29, 1.82) is 0 Å². The maximum absolute atomic E-state index is 14.0. The van der Waals surface area contributed by atoms with Crippen molar-refractivity contribution in [2.24, 2.45) is 10.9 Å². The summed E-state index contributed by atoms with van der Waals surface area (Å²) in [6.45, 7) is 6.66. The van der Waals surface area contributed by atoms with Crippen LogP contribution in [-0.4, -0.2) is 28.9 Å². The Morgan fingerprint density at radius 1 is 1.29 bits per heavy atom. The molecule has 1 fully saturated rings. The van der Waals surface area contributed by atoms with E-state index in [2.05, 4.69) is 22.2 Å². The van der Waals surface area contributed by atoms with E-state index >= 15 is 0 Å². The van der Waals surface area contributed by atoms with Crippen LogP contribution in [0.3, 0.4) is 0 Å². The normalized spacial score (nSPS) is 16.1. The first-order valence-corrected chi connectivity index (χ1v) is 12.4. The molecule has 3 aromatic rings. The molecule has 0 aliphatic carbocycles. The lowest BCUT2D eigenvalue weighted by Gasteiger charge is -2.24. The van der Waals surface area contributed by atoms with E-state index in [0.29, 0.717) is 61.8 Å². The van der Waals surface area contributed by atoms with Crippen LogP contribution >= 0.6 is 34.8 Å². The average Bonchev–Trinajstić information content (AvgIpc) is 3.13. The van der Waals surface area contributed by atoms with Gasteiger partial charge in [0, 0.05) is 23.7 Å². The maximum atomic E-state index is 14.0. The van der Waals surface area contributed by atoms with Crippen LogP contribution in [0.5, 0.6) is 0 Å². The molecule has 35 heavy (non-hydrogen) atoms. The number of nitrogens with one attached hydrogen (secondary N) is 2. The fourth-order valence-electron chi connectivity index (χ4n) is 4.06. The summed E-state index contributed by atoms with van der Waals surface area (Å²) in [6, 6.07) is 9.71. The van der Waals surface area contributed by atoms with Gasteiger partial charge in [-0.2, -0.15) is 0 Å². The predicted octanol–water partition coefficient (Wildman–Crippen LogP) is 5.91. The Bertz CT molecular complexity index is 1230.